The minimum atomic E-state index is 1.15. The number of hydrogen-bond acceptors (Lipinski definition) is 2. The highest BCUT2D eigenvalue weighted by molar-refractivity contribution is 5.75. The highest BCUT2D eigenvalue weighted by Gasteiger charge is 2.01. The summed E-state index contributed by atoms with van der Waals surface area (Å²) < 4.78 is 0. The van der Waals surface area contributed by atoms with Crippen LogP contribution in [0.2, 0.25) is 0 Å². The van der Waals surface area contributed by atoms with Gasteiger partial charge < -0.3 is 0 Å². The zero-order chi connectivity index (χ0) is 23.0. The number of aromatic nitrogens is 2. The Morgan fingerprint density at radius 1 is 0.294 bits per heavy atom. The maximum absolute atomic E-state index is 4.05. The van der Waals surface area contributed by atoms with Crippen LogP contribution >= 0.6 is 0 Å². The van der Waals surface area contributed by atoms with Gasteiger partial charge in [0.15, 0.2) is 0 Å². The van der Waals surface area contributed by atoms with Crippen molar-refractivity contribution >= 4 is 24.3 Å². The van der Waals surface area contributed by atoms with Gasteiger partial charge in [-0.3, -0.25) is 9.97 Å². The fourth-order valence-corrected chi connectivity index (χ4v) is 3.76. The molecule has 2 heterocycles. The van der Waals surface area contributed by atoms with Crippen molar-refractivity contribution in [3.63, 3.8) is 0 Å². The Labute approximate surface area is 200 Å². The third kappa shape index (κ3) is 5.43. The van der Waals surface area contributed by atoms with E-state index >= 15 is 0 Å². The van der Waals surface area contributed by atoms with Crippen molar-refractivity contribution in [1.82, 2.24) is 9.97 Å². The maximum Gasteiger partial charge on any atom is 0.0273 e. The van der Waals surface area contributed by atoms with E-state index in [0.29, 0.717) is 0 Å². The van der Waals surface area contributed by atoms with E-state index in [2.05, 4.69) is 107 Å². The highest BCUT2D eigenvalue weighted by Crippen LogP contribution is 2.26. The van der Waals surface area contributed by atoms with Crippen molar-refractivity contribution < 1.29 is 0 Å². The number of rotatable bonds is 6. The Kier molecular flexibility index (Phi) is 6.50. The standard InChI is InChI=1S/C32H24N2/c1(3-27-17-21-33-22-18-27)25-5-9-29(10-6-25)31-13-15-32(16-14-31)30-11-7-26(8-12-30)2-4-28-19-23-34-24-20-28/h1-24H/b3-1+,4-2+. The number of hydrogen-bond donors (Lipinski definition) is 0. The molecule has 0 saturated carbocycles. The molecule has 0 bridgehead atoms. The van der Waals surface area contributed by atoms with Crippen molar-refractivity contribution in [2.45, 2.75) is 0 Å². The number of nitrogens with zero attached hydrogens (tertiary/aromatic N) is 2. The summed E-state index contributed by atoms with van der Waals surface area (Å²) >= 11 is 0. The van der Waals surface area contributed by atoms with Crippen molar-refractivity contribution in [3.05, 3.63) is 144 Å². The highest BCUT2D eigenvalue weighted by atomic mass is 14.6. The first-order valence-electron chi connectivity index (χ1n) is 11.3. The molecule has 34 heavy (non-hydrogen) atoms. The molecule has 0 aliphatic heterocycles. The first-order chi connectivity index (χ1) is 16.8. The van der Waals surface area contributed by atoms with E-state index < -0.39 is 0 Å². The molecular formula is C32H24N2. The van der Waals surface area contributed by atoms with E-state index in [9.17, 15) is 0 Å². The predicted octanol–water partition coefficient (Wildman–Crippen LogP) is 8.15. The Balaban J connectivity index is 1.25. The van der Waals surface area contributed by atoms with Crippen molar-refractivity contribution in [3.8, 4) is 22.3 Å². The molecule has 0 saturated heterocycles. The lowest BCUT2D eigenvalue weighted by Gasteiger charge is -2.06. The first kappa shape index (κ1) is 21.3. The molecule has 162 valence electrons. The van der Waals surface area contributed by atoms with Gasteiger partial charge in [0.25, 0.3) is 0 Å². The van der Waals surface area contributed by atoms with Gasteiger partial charge in [0.1, 0.15) is 0 Å². The Bertz CT molecular complexity index is 1270. The fraction of sp³-hybridized carbons (Fsp3) is 0. The molecule has 0 aliphatic carbocycles. The van der Waals surface area contributed by atoms with Crippen LogP contribution in [0.4, 0.5) is 0 Å². The van der Waals surface area contributed by atoms with Crippen LogP contribution in [0.3, 0.4) is 0 Å². The first-order valence-corrected chi connectivity index (χ1v) is 11.3. The smallest absolute Gasteiger partial charge is 0.0273 e. The van der Waals surface area contributed by atoms with Gasteiger partial charge in [0.05, 0.1) is 0 Å². The minimum absolute atomic E-state index is 1.15. The summed E-state index contributed by atoms with van der Waals surface area (Å²) in [5.41, 5.74) is 9.49. The van der Waals surface area contributed by atoms with Gasteiger partial charge in [0.2, 0.25) is 0 Å². The molecule has 0 aliphatic rings. The molecule has 0 fully saturated rings. The summed E-state index contributed by atoms with van der Waals surface area (Å²) in [6, 6.07) is 34.0. The Morgan fingerprint density at radius 3 is 0.824 bits per heavy atom. The Morgan fingerprint density at radius 2 is 0.529 bits per heavy atom. The van der Waals surface area contributed by atoms with Gasteiger partial charge in [-0.1, -0.05) is 97.1 Å². The lowest BCUT2D eigenvalue weighted by Crippen LogP contribution is -1.82. The molecule has 0 radical (unpaired) electrons. The van der Waals surface area contributed by atoms with Gasteiger partial charge in [-0.05, 0) is 68.8 Å². The molecular weight excluding hydrogens is 412 g/mol. The van der Waals surface area contributed by atoms with Crippen LogP contribution < -0.4 is 0 Å². The average molecular weight is 437 g/mol. The molecule has 0 unspecified atom stereocenters. The van der Waals surface area contributed by atoms with E-state index in [-0.39, 0.29) is 0 Å². The van der Waals surface area contributed by atoms with Gasteiger partial charge in [-0.15, -0.1) is 0 Å². The topological polar surface area (TPSA) is 25.8 Å². The van der Waals surface area contributed by atoms with Crippen LogP contribution in [0.25, 0.3) is 46.6 Å². The second kappa shape index (κ2) is 10.4. The van der Waals surface area contributed by atoms with E-state index in [0.717, 1.165) is 11.1 Å². The summed E-state index contributed by atoms with van der Waals surface area (Å²) in [6.07, 6.45) is 15.7. The van der Waals surface area contributed by atoms with E-state index in [1.165, 1.54) is 33.4 Å². The monoisotopic (exact) mass is 436 g/mol. The number of benzene rings is 3. The van der Waals surface area contributed by atoms with Gasteiger partial charge >= 0.3 is 0 Å². The zero-order valence-corrected chi connectivity index (χ0v) is 18.8. The molecule has 2 heteroatoms. The largest absolute Gasteiger partial charge is 0.265 e. The van der Waals surface area contributed by atoms with E-state index in [4.69, 9.17) is 0 Å². The third-order valence-electron chi connectivity index (χ3n) is 5.72. The quantitative estimate of drug-likeness (QED) is 0.268. The molecule has 2 aromatic heterocycles. The molecule has 2 nitrogen and oxygen atoms in total. The molecule has 5 rings (SSSR count). The molecule has 0 spiro atoms. The summed E-state index contributed by atoms with van der Waals surface area (Å²) in [6.45, 7) is 0. The normalized spacial score (nSPS) is 11.3. The second-order valence-electron chi connectivity index (χ2n) is 8.05. The molecule has 3 aromatic carbocycles. The fourth-order valence-electron chi connectivity index (χ4n) is 3.76. The van der Waals surface area contributed by atoms with Gasteiger partial charge in [0, 0.05) is 24.8 Å². The lowest BCUT2D eigenvalue weighted by molar-refractivity contribution is 1.32. The van der Waals surface area contributed by atoms with Crippen molar-refractivity contribution in [1.29, 1.82) is 0 Å². The summed E-state index contributed by atoms with van der Waals surface area (Å²) in [5, 5.41) is 0. The molecule has 0 atom stereocenters. The summed E-state index contributed by atoms with van der Waals surface area (Å²) in [4.78, 5) is 8.11. The van der Waals surface area contributed by atoms with Crippen LogP contribution in [0.15, 0.2) is 122 Å². The minimum Gasteiger partial charge on any atom is -0.265 e. The lowest BCUT2D eigenvalue weighted by atomic mass is 9.99. The van der Waals surface area contributed by atoms with E-state index in [1.54, 1.807) is 0 Å². The van der Waals surface area contributed by atoms with Gasteiger partial charge in [-0.2, -0.15) is 0 Å². The average Bonchev–Trinajstić information content (AvgIpc) is 2.93. The SMILES string of the molecule is C(=C\c1ccc(-c2ccc(-c3ccc(/C=C/c4ccncc4)cc3)cc2)cc1)/c1ccncc1. The molecule has 5 aromatic rings. The number of pyridine rings is 2. The van der Waals surface area contributed by atoms with Crippen LogP contribution in [0.5, 0.6) is 0 Å². The summed E-state index contributed by atoms with van der Waals surface area (Å²) in [5.74, 6) is 0. The third-order valence-corrected chi connectivity index (χ3v) is 5.72. The van der Waals surface area contributed by atoms with Crippen molar-refractivity contribution in [2.75, 3.05) is 0 Å². The van der Waals surface area contributed by atoms with Crippen LogP contribution in [0.1, 0.15) is 22.3 Å². The second-order valence-corrected chi connectivity index (χ2v) is 8.05. The molecule has 0 amide bonds. The van der Waals surface area contributed by atoms with Crippen molar-refractivity contribution in [2.24, 2.45) is 0 Å². The molecule has 0 N–H and O–H groups in total. The van der Waals surface area contributed by atoms with Gasteiger partial charge in [-0.25, -0.2) is 0 Å². The van der Waals surface area contributed by atoms with Crippen LogP contribution in [0, 0.1) is 0 Å². The zero-order valence-electron chi connectivity index (χ0n) is 18.8. The van der Waals surface area contributed by atoms with E-state index in [1.807, 2.05) is 49.1 Å². The van der Waals surface area contributed by atoms with Crippen LogP contribution in [-0.4, -0.2) is 9.97 Å². The van der Waals surface area contributed by atoms with Crippen LogP contribution in [-0.2, 0) is 0 Å². The summed E-state index contributed by atoms with van der Waals surface area (Å²) in [7, 11) is 0. The Hall–Kier alpha value is -4.56. The maximum atomic E-state index is 4.05. The predicted molar refractivity (Wildman–Crippen MR) is 144 cm³/mol.